The number of ether oxygens (including phenoxy) is 1. The van der Waals surface area contributed by atoms with Crippen LogP contribution >= 0.6 is 0 Å². The number of nitrogens with one attached hydrogen (secondary N) is 1. The van der Waals surface area contributed by atoms with Gasteiger partial charge in [-0.1, -0.05) is 36.4 Å². The highest BCUT2D eigenvalue weighted by Crippen LogP contribution is 2.29. The van der Waals surface area contributed by atoms with Crippen LogP contribution in [0.1, 0.15) is 29.2 Å². The molecule has 1 aliphatic heterocycles. The fraction of sp³-hybridized carbons (Fsp3) is 0.194. The van der Waals surface area contributed by atoms with Gasteiger partial charge in [-0.15, -0.1) is 0 Å². The number of para-hydroxylation sites is 2. The average Bonchev–Trinajstić information content (AvgIpc) is 3.62. The SMILES string of the molecule is O=C(Cn1ccc2c(F)cccc21)Nc1cnn(C2CCN(C(=O)c3ccccc3Oc3ccccc3)CC2)c1. The van der Waals surface area contributed by atoms with Gasteiger partial charge in [0.2, 0.25) is 5.91 Å². The van der Waals surface area contributed by atoms with Crippen molar-refractivity contribution in [1.29, 1.82) is 0 Å². The smallest absolute Gasteiger partial charge is 0.257 e. The van der Waals surface area contributed by atoms with E-state index in [1.54, 1.807) is 41.2 Å². The van der Waals surface area contributed by atoms with E-state index >= 15 is 0 Å². The summed E-state index contributed by atoms with van der Waals surface area (Å²) in [4.78, 5) is 27.9. The first-order valence-corrected chi connectivity index (χ1v) is 13.2. The summed E-state index contributed by atoms with van der Waals surface area (Å²) in [5.41, 5.74) is 1.80. The first-order chi connectivity index (χ1) is 19.5. The molecular formula is C31H28FN5O3. The molecule has 9 heteroatoms. The summed E-state index contributed by atoms with van der Waals surface area (Å²) < 4.78 is 23.5. The molecule has 3 aromatic carbocycles. The topological polar surface area (TPSA) is 81.4 Å². The molecule has 0 atom stereocenters. The second kappa shape index (κ2) is 11.1. The molecule has 0 radical (unpaired) electrons. The van der Waals surface area contributed by atoms with Crippen LogP contribution < -0.4 is 10.1 Å². The number of halogens is 1. The fourth-order valence-electron chi connectivity index (χ4n) is 5.13. The first kappa shape index (κ1) is 25.4. The van der Waals surface area contributed by atoms with Crippen molar-refractivity contribution < 1.29 is 18.7 Å². The molecule has 202 valence electrons. The Labute approximate surface area is 230 Å². The van der Waals surface area contributed by atoms with Gasteiger partial charge in [-0.25, -0.2) is 4.39 Å². The molecule has 0 saturated carbocycles. The van der Waals surface area contributed by atoms with E-state index in [0.717, 1.165) is 12.8 Å². The molecular weight excluding hydrogens is 509 g/mol. The predicted molar refractivity (Wildman–Crippen MR) is 150 cm³/mol. The Morgan fingerprint density at radius 2 is 1.73 bits per heavy atom. The summed E-state index contributed by atoms with van der Waals surface area (Å²) >= 11 is 0. The first-order valence-electron chi connectivity index (χ1n) is 13.2. The number of nitrogens with zero attached hydrogens (tertiary/aromatic N) is 4. The summed E-state index contributed by atoms with van der Waals surface area (Å²) in [6.07, 6.45) is 6.63. The molecule has 2 aromatic heterocycles. The molecule has 0 unspecified atom stereocenters. The summed E-state index contributed by atoms with van der Waals surface area (Å²) in [5, 5.41) is 7.83. The van der Waals surface area contributed by atoms with Crippen LogP contribution in [0.25, 0.3) is 10.9 Å². The largest absolute Gasteiger partial charge is 0.457 e. The monoisotopic (exact) mass is 537 g/mol. The van der Waals surface area contributed by atoms with Gasteiger partial charge in [0.1, 0.15) is 23.9 Å². The lowest BCUT2D eigenvalue weighted by Gasteiger charge is -2.32. The maximum absolute atomic E-state index is 14.0. The molecule has 8 nitrogen and oxygen atoms in total. The van der Waals surface area contributed by atoms with Crippen LogP contribution in [0.4, 0.5) is 10.1 Å². The Hall–Kier alpha value is -4.92. The van der Waals surface area contributed by atoms with Gasteiger partial charge in [-0.2, -0.15) is 5.10 Å². The Morgan fingerprint density at radius 3 is 2.55 bits per heavy atom. The van der Waals surface area contributed by atoms with E-state index in [1.165, 1.54) is 6.07 Å². The number of rotatable bonds is 7. The third-order valence-electron chi connectivity index (χ3n) is 7.17. The third kappa shape index (κ3) is 5.31. The highest BCUT2D eigenvalue weighted by molar-refractivity contribution is 5.97. The van der Waals surface area contributed by atoms with E-state index in [2.05, 4.69) is 10.4 Å². The summed E-state index contributed by atoms with van der Waals surface area (Å²) in [5.74, 6) is 0.620. The van der Waals surface area contributed by atoms with Crippen LogP contribution in [0.5, 0.6) is 11.5 Å². The zero-order valence-corrected chi connectivity index (χ0v) is 21.7. The van der Waals surface area contributed by atoms with Gasteiger partial charge < -0.3 is 19.5 Å². The maximum Gasteiger partial charge on any atom is 0.257 e. The number of carbonyl (C=O) groups excluding carboxylic acids is 2. The molecule has 1 aliphatic rings. The Balaban J connectivity index is 1.05. The molecule has 2 amide bonds. The summed E-state index contributed by atoms with van der Waals surface area (Å²) in [7, 11) is 0. The quantitative estimate of drug-likeness (QED) is 0.281. The van der Waals surface area contributed by atoms with E-state index in [4.69, 9.17) is 4.74 Å². The van der Waals surface area contributed by atoms with E-state index in [-0.39, 0.29) is 30.2 Å². The van der Waals surface area contributed by atoms with Gasteiger partial charge >= 0.3 is 0 Å². The molecule has 6 rings (SSSR count). The van der Waals surface area contributed by atoms with Crippen LogP contribution in [-0.2, 0) is 11.3 Å². The molecule has 5 aromatic rings. The lowest BCUT2D eigenvalue weighted by Crippen LogP contribution is -2.39. The van der Waals surface area contributed by atoms with Crippen LogP contribution in [0.15, 0.2) is 97.5 Å². The fourth-order valence-corrected chi connectivity index (χ4v) is 5.13. The highest BCUT2D eigenvalue weighted by atomic mass is 19.1. The predicted octanol–water partition coefficient (Wildman–Crippen LogP) is 5.89. The number of piperidine rings is 1. The Morgan fingerprint density at radius 1 is 0.950 bits per heavy atom. The number of aromatic nitrogens is 3. The molecule has 3 heterocycles. The van der Waals surface area contributed by atoms with Crippen molar-refractivity contribution >= 4 is 28.4 Å². The molecule has 0 bridgehead atoms. The van der Waals surface area contributed by atoms with Crippen molar-refractivity contribution in [1.82, 2.24) is 19.2 Å². The van der Waals surface area contributed by atoms with Gasteiger partial charge in [0, 0.05) is 30.9 Å². The van der Waals surface area contributed by atoms with E-state index in [0.29, 0.717) is 46.7 Å². The van der Waals surface area contributed by atoms with E-state index < -0.39 is 0 Å². The zero-order chi connectivity index (χ0) is 27.5. The number of hydrogen-bond acceptors (Lipinski definition) is 4. The lowest BCUT2D eigenvalue weighted by molar-refractivity contribution is -0.116. The number of benzene rings is 3. The molecule has 40 heavy (non-hydrogen) atoms. The zero-order valence-electron chi connectivity index (χ0n) is 21.7. The minimum atomic E-state index is -0.310. The van der Waals surface area contributed by atoms with Gasteiger partial charge in [0.25, 0.3) is 5.91 Å². The van der Waals surface area contributed by atoms with Crippen molar-refractivity contribution in [2.45, 2.75) is 25.4 Å². The van der Waals surface area contributed by atoms with Crippen LogP contribution in [0, 0.1) is 5.82 Å². The van der Waals surface area contributed by atoms with Crippen molar-refractivity contribution in [3.05, 3.63) is 109 Å². The Bertz CT molecular complexity index is 1650. The summed E-state index contributed by atoms with van der Waals surface area (Å²) in [6.45, 7) is 1.23. The lowest BCUT2D eigenvalue weighted by atomic mass is 10.0. The number of fused-ring (bicyclic) bond motifs is 1. The second-order valence-corrected chi connectivity index (χ2v) is 9.81. The number of hydrogen-bond donors (Lipinski definition) is 1. The average molecular weight is 538 g/mol. The molecule has 0 aliphatic carbocycles. The van der Waals surface area contributed by atoms with Crippen molar-refractivity contribution in [2.24, 2.45) is 0 Å². The second-order valence-electron chi connectivity index (χ2n) is 9.81. The molecule has 0 spiro atoms. The van der Waals surface area contributed by atoms with Gasteiger partial charge in [-0.05, 0) is 55.3 Å². The summed E-state index contributed by atoms with van der Waals surface area (Å²) in [6, 6.07) is 23.3. The minimum Gasteiger partial charge on any atom is -0.457 e. The minimum absolute atomic E-state index is 0.0594. The third-order valence-corrected chi connectivity index (χ3v) is 7.17. The van der Waals surface area contributed by atoms with E-state index in [1.807, 2.05) is 64.3 Å². The number of amides is 2. The van der Waals surface area contributed by atoms with Crippen molar-refractivity contribution in [2.75, 3.05) is 18.4 Å². The van der Waals surface area contributed by atoms with Crippen molar-refractivity contribution in [3.63, 3.8) is 0 Å². The number of anilines is 1. The number of likely N-dealkylation sites (tertiary alicyclic amines) is 1. The molecule has 1 saturated heterocycles. The number of carbonyl (C=O) groups is 2. The normalized spacial score (nSPS) is 13.9. The standard InChI is InChI=1S/C31H28FN5O3/c32-27-10-6-11-28-25(27)15-18-36(28)21-30(38)34-22-19-33-37(20-22)23-13-16-35(17-14-23)31(39)26-9-4-5-12-29(26)40-24-7-2-1-3-8-24/h1-12,15,18-20,23H,13-14,16-17,21H2,(H,34,38). The molecule has 1 fully saturated rings. The molecule has 1 N–H and O–H groups in total. The van der Waals surface area contributed by atoms with Gasteiger partial charge in [0.15, 0.2) is 0 Å². The van der Waals surface area contributed by atoms with Gasteiger partial charge in [0.05, 0.1) is 29.0 Å². The van der Waals surface area contributed by atoms with Crippen LogP contribution in [-0.4, -0.2) is 44.2 Å². The maximum atomic E-state index is 14.0. The van der Waals surface area contributed by atoms with Crippen LogP contribution in [0.2, 0.25) is 0 Å². The van der Waals surface area contributed by atoms with Crippen molar-refractivity contribution in [3.8, 4) is 11.5 Å². The Kier molecular flexibility index (Phi) is 7.01. The van der Waals surface area contributed by atoms with E-state index in [9.17, 15) is 14.0 Å². The van der Waals surface area contributed by atoms with Crippen LogP contribution in [0.3, 0.4) is 0 Å². The van der Waals surface area contributed by atoms with Gasteiger partial charge in [-0.3, -0.25) is 14.3 Å². The highest BCUT2D eigenvalue weighted by Gasteiger charge is 2.27.